The molecule has 2 heterocycles. The molecule has 0 spiro atoms. The predicted molar refractivity (Wildman–Crippen MR) is 59.3 cm³/mol. The van der Waals surface area contributed by atoms with Crippen molar-refractivity contribution in [1.29, 1.82) is 0 Å². The lowest BCUT2D eigenvalue weighted by Crippen LogP contribution is -2.20. The third-order valence-electron chi connectivity index (χ3n) is 2.25. The number of rotatable bonds is 2. The molecular weight excluding hydrogens is 194 g/mol. The Kier molecular flexibility index (Phi) is 3.03. The van der Waals surface area contributed by atoms with Gasteiger partial charge < -0.3 is 5.73 Å². The van der Waals surface area contributed by atoms with Gasteiger partial charge in [0.1, 0.15) is 5.82 Å². The van der Waals surface area contributed by atoms with Gasteiger partial charge in [-0.1, -0.05) is 0 Å². The molecule has 0 amide bonds. The van der Waals surface area contributed by atoms with Crippen LogP contribution in [-0.4, -0.2) is 21.8 Å². The molecule has 1 atom stereocenters. The number of aryl methyl sites for hydroxylation is 1. The van der Waals surface area contributed by atoms with Crippen molar-refractivity contribution in [1.82, 2.24) is 9.97 Å². The normalized spacial score (nSPS) is 17.6. The van der Waals surface area contributed by atoms with Crippen LogP contribution in [0.1, 0.15) is 24.0 Å². The Balaban J connectivity index is 2.20. The smallest absolute Gasteiger partial charge is 0.130 e. The largest absolute Gasteiger partial charge is 0.328 e. The molecule has 0 bridgehead atoms. The third-order valence-corrected chi connectivity index (χ3v) is 3.26. The molecule has 0 aliphatic carbocycles. The van der Waals surface area contributed by atoms with E-state index in [0.29, 0.717) is 0 Å². The number of aromatic nitrogens is 2. The minimum atomic E-state index is 0.144. The van der Waals surface area contributed by atoms with Gasteiger partial charge in [0.2, 0.25) is 0 Å². The molecule has 1 unspecified atom stereocenters. The van der Waals surface area contributed by atoms with Gasteiger partial charge in [-0.05, 0) is 19.1 Å². The summed E-state index contributed by atoms with van der Waals surface area (Å²) in [5.41, 5.74) is 8.25. The van der Waals surface area contributed by atoms with Crippen LogP contribution in [0.15, 0.2) is 6.20 Å². The second-order valence-corrected chi connectivity index (χ2v) is 4.85. The van der Waals surface area contributed by atoms with Crippen molar-refractivity contribution < 1.29 is 0 Å². The fourth-order valence-corrected chi connectivity index (χ4v) is 2.50. The molecule has 1 aromatic heterocycles. The van der Waals surface area contributed by atoms with Gasteiger partial charge in [-0.3, -0.25) is 0 Å². The SMILES string of the molecule is CC(N)Cc1ncc2c(n1)CCSC2. The van der Waals surface area contributed by atoms with Crippen LogP contribution in [0.5, 0.6) is 0 Å². The molecule has 0 saturated heterocycles. The van der Waals surface area contributed by atoms with Gasteiger partial charge in [-0.25, -0.2) is 9.97 Å². The summed E-state index contributed by atoms with van der Waals surface area (Å²) in [7, 11) is 0. The van der Waals surface area contributed by atoms with Crippen LogP contribution in [0.4, 0.5) is 0 Å². The molecule has 0 saturated carbocycles. The first-order chi connectivity index (χ1) is 6.75. The lowest BCUT2D eigenvalue weighted by atomic mass is 10.2. The van der Waals surface area contributed by atoms with E-state index in [1.54, 1.807) is 0 Å². The lowest BCUT2D eigenvalue weighted by molar-refractivity contribution is 0.693. The minimum absolute atomic E-state index is 0.144. The van der Waals surface area contributed by atoms with Crippen molar-refractivity contribution >= 4 is 11.8 Å². The standard InChI is InChI=1S/C10H15N3S/c1-7(11)4-10-12-5-8-6-14-3-2-9(8)13-10/h5,7H,2-4,6,11H2,1H3. The molecule has 1 aliphatic heterocycles. The number of hydrogen-bond donors (Lipinski definition) is 1. The maximum atomic E-state index is 5.72. The van der Waals surface area contributed by atoms with E-state index in [9.17, 15) is 0 Å². The van der Waals surface area contributed by atoms with E-state index in [-0.39, 0.29) is 6.04 Å². The van der Waals surface area contributed by atoms with Gasteiger partial charge in [-0.2, -0.15) is 11.8 Å². The van der Waals surface area contributed by atoms with E-state index < -0.39 is 0 Å². The van der Waals surface area contributed by atoms with Crippen LogP contribution in [0.3, 0.4) is 0 Å². The van der Waals surface area contributed by atoms with Crippen molar-refractivity contribution in [3.05, 3.63) is 23.3 Å². The quantitative estimate of drug-likeness (QED) is 0.794. The van der Waals surface area contributed by atoms with E-state index in [1.807, 2.05) is 24.9 Å². The van der Waals surface area contributed by atoms with Crippen molar-refractivity contribution in [3.63, 3.8) is 0 Å². The molecule has 0 fully saturated rings. The third kappa shape index (κ3) is 2.25. The first-order valence-corrected chi connectivity index (χ1v) is 6.08. The summed E-state index contributed by atoms with van der Waals surface area (Å²) in [6.45, 7) is 1.98. The Morgan fingerprint density at radius 2 is 2.50 bits per heavy atom. The molecule has 2 rings (SSSR count). The average molecular weight is 209 g/mol. The summed E-state index contributed by atoms with van der Waals surface area (Å²) < 4.78 is 0. The topological polar surface area (TPSA) is 51.8 Å². The second kappa shape index (κ2) is 4.28. The van der Waals surface area contributed by atoms with Crippen LogP contribution in [0.2, 0.25) is 0 Å². The van der Waals surface area contributed by atoms with Crippen LogP contribution in [0, 0.1) is 0 Å². The van der Waals surface area contributed by atoms with Gasteiger partial charge in [0.15, 0.2) is 0 Å². The van der Waals surface area contributed by atoms with Crippen molar-refractivity contribution in [2.24, 2.45) is 5.73 Å². The van der Waals surface area contributed by atoms with Gasteiger partial charge >= 0.3 is 0 Å². The molecule has 1 aliphatic rings. The number of thioether (sulfide) groups is 1. The Morgan fingerprint density at radius 1 is 1.64 bits per heavy atom. The Morgan fingerprint density at radius 3 is 3.29 bits per heavy atom. The Hall–Kier alpha value is -0.610. The monoisotopic (exact) mass is 209 g/mol. The van der Waals surface area contributed by atoms with Crippen molar-refractivity contribution in [2.45, 2.75) is 31.6 Å². The van der Waals surface area contributed by atoms with Crippen LogP contribution in [0.25, 0.3) is 0 Å². The summed E-state index contributed by atoms with van der Waals surface area (Å²) in [5.74, 6) is 3.14. The average Bonchev–Trinajstić information content (AvgIpc) is 2.17. The van der Waals surface area contributed by atoms with Crippen molar-refractivity contribution in [3.8, 4) is 0 Å². The summed E-state index contributed by atoms with van der Waals surface area (Å²) in [5, 5.41) is 0. The second-order valence-electron chi connectivity index (χ2n) is 3.74. The first-order valence-electron chi connectivity index (χ1n) is 4.92. The van der Waals surface area contributed by atoms with Crippen LogP contribution in [-0.2, 0) is 18.6 Å². The highest BCUT2D eigenvalue weighted by molar-refractivity contribution is 7.98. The molecule has 0 aromatic carbocycles. The van der Waals surface area contributed by atoms with E-state index >= 15 is 0 Å². The van der Waals surface area contributed by atoms with E-state index in [0.717, 1.165) is 24.4 Å². The zero-order valence-corrected chi connectivity index (χ0v) is 9.18. The summed E-state index contributed by atoms with van der Waals surface area (Å²) in [6.07, 6.45) is 3.82. The highest BCUT2D eigenvalue weighted by atomic mass is 32.2. The number of nitrogens with zero attached hydrogens (tertiary/aromatic N) is 2. The van der Waals surface area contributed by atoms with Gasteiger partial charge in [0.05, 0.1) is 0 Å². The zero-order chi connectivity index (χ0) is 9.97. The Labute approximate surface area is 88.5 Å². The van der Waals surface area contributed by atoms with Crippen LogP contribution >= 0.6 is 11.8 Å². The fourth-order valence-electron chi connectivity index (χ4n) is 1.56. The maximum Gasteiger partial charge on any atom is 0.130 e. The van der Waals surface area contributed by atoms with E-state index in [4.69, 9.17) is 5.73 Å². The molecule has 3 nitrogen and oxygen atoms in total. The highest BCUT2D eigenvalue weighted by Gasteiger charge is 2.12. The molecule has 4 heteroatoms. The highest BCUT2D eigenvalue weighted by Crippen LogP contribution is 2.22. The molecule has 76 valence electrons. The van der Waals surface area contributed by atoms with Gasteiger partial charge in [-0.15, -0.1) is 0 Å². The molecule has 14 heavy (non-hydrogen) atoms. The maximum absolute atomic E-state index is 5.72. The molecular formula is C10H15N3S. The number of hydrogen-bond acceptors (Lipinski definition) is 4. The molecule has 2 N–H and O–H groups in total. The van der Waals surface area contributed by atoms with Gasteiger partial charge in [0, 0.05) is 35.7 Å². The lowest BCUT2D eigenvalue weighted by Gasteiger charge is -2.14. The first kappa shape index (κ1) is 9.93. The minimum Gasteiger partial charge on any atom is -0.328 e. The fraction of sp³-hybridized carbons (Fsp3) is 0.600. The zero-order valence-electron chi connectivity index (χ0n) is 8.36. The van der Waals surface area contributed by atoms with E-state index in [1.165, 1.54) is 17.0 Å². The molecule has 0 radical (unpaired) electrons. The Bertz CT molecular complexity index is 325. The number of fused-ring (bicyclic) bond motifs is 1. The van der Waals surface area contributed by atoms with Crippen molar-refractivity contribution in [2.75, 3.05) is 5.75 Å². The predicted octanol–water partition coefficient (Wildman–Crippen LogP) is 1.16. The molecule has 1 aromatic rings. The summed E-state index contributed by atoms with van der Waals surface area (Å²) in [4.78, 5) is 8.88. The number of nitrogens with two attached hydrogens (primary N) is 1. The summed E-state index contributed by atoms with van der Waals surface area (Å²) >= 11 is 1.95. The van der Waals surface area contributed by atoms with Gasteiger partial charge in [0.25, 0.3) is 0 Å². The van der Waals surface area contributed by atoms with Crippen LogP contribution < -0.4 is 5.73 Å². The van der Waals surface area contributed by atoms with E-state index in [2.05, 4.69) is 9.97 Å². The summed E-state index contributed by atoms with van der Waals surface area (Å²) in [6, 6.07) is 0.144.